The smallest absolute Gasteiger partial charge is 0.321 e. The van der Waals surface area contributed by atoms with Crippen molar-refractivity contribution in [2.75, 3.05) is 5.75 Å². The van der Waals surface area contributed by atoms with Gasteiger partial charge in [0.25, 0.3) is 0 Å². The summed E-state index contributed by atoms with van der Waals surface area (Å²) < 4.78 is 0. The van der Waals surface area contributed by atoms with Gasteiger partial charge in [0.15, 0.2) is 0 Å². The second kappa shape index (κ2) is 7.72. The van der Waals surface area contributed by atoms with Crippen LogP contribution in [0.3, 0.4) is 0 Å². The van der Waals surface area contributed by atoms with Gasteiger partial charge in [-0.25, -0.2) is 0 Å². The summed E-state index contributed by atoms with van der Waals surface area (Å²) in [5.41, 5.74) is 10.5. The number of carboxylic acids is 1. The zero-order valence-corrected chi connectivity index (χ0v) is 9.43. The van der Waals surface area contributed by atoms with Crippen LogP contribution in [0.5, 0.6) is 0 Å². The van der Waals surface area contributed by atoms with Crippen LogP contribution in [-0.4, -0.2) is 28.8 Å². The zero-order valence-electron chi connectivity index (χ0n) is 8.54. The molecule has 0 saturated heterocycles. The minimum Gasteiger partial charge on any atom is -0.480 e. The number of rotatable bonds is 3. The highest BCUT2D eigenvalue weighted by molar-refractivity contribution is 7.80. The molecule has 0 aliphatic carbocycles. The molecule has 0 aliphatic rings. The van der Waals surface area contributed by atoms with Gasteiger partial charge in [-0.05, 0) is 12.1 Å². The molecular formula is C10H14N2O3S. The molecule has 88 valence electrons. The highest BCUT2D eigenvalue weighted by Gasteiger charge is 2.06. The van der Waals surface area contributed by atoms with E-state index in [1.54, 1.807) is 24.3 Å². The fourth-order valence-electron chi connectivity index (χ4n) is 0.681. The Bertz CT molecular complexity index is 343. The number of hydrogen-bond acceptors (Lipinski definition) is 4. The lowest BCUT2D eigenvalue weighted by atomic mass is 10.2. The van der Waals surface area contributed by atoms with Crippen LogP contribution >= 0.6 is 12.6 Å². The first kappa shape index (κ1) is 14.5. The number of benzene rings is 1. The van der Waals surface area contributed by atoms with E-state index in [1.165, 1.54) is 0 Å². The zero-order chi connectivity index (χ0) is 12.6. The van der Waals surface area contributed by atoms with Gasteiger partial charge in [-0.2, -0.15) is 12.6 Å². The van der Waals surface area contributed by atoms with E-state index in [2.05, 4.69) is 12.6 Å². The average Bonchev–Trinajstić information content (AvgIpc) is 2.29. The average molecular weight is 242 g/mol. The van der Waals surface area contributed by atoms with Gasteiger partial charge in [-0.1, -0.05) is 18.2 Å². The molecule has 0 aromatic heterocycles. The standard InChI is InChI=1S/C7H7NO.C3H7NO2S/c8-7(9)6-4-2-1-3-5-6;4-2(1-7)3(5)6/h1-5H,(H2,8,9);2,7H,1,4H2,(H,5,6)/t;2-/m.0/s1. The molecule has 5 nitrogen and oxygen atoms in total. The van der Waals surface area contributed by atoms with Crippen molar-refractivity contribution in [3.63, 3.8) is 0 Å². The summed E-state index contributed by atoms with van der Waals surface area (Å²) >= 11 is 3.65. The van der Waals surface area contributed by atoms with Crippen molar-refractivity contribution < 1.29 is 14.7 Å². The monoisotopic (exact) mass is 242 g/mol. The second-order valence-corrected chi connectivity index (χ2v) is 3.22. The molecule has 0 saturated carbocycles. The van der Waals surface area contributed by atoms with Crippen molar-refractivity contribution in [2.24, 2.45) is 11.5 Å². The molecule has 16 heavy (non-hydrogen) atoms. The molecule has 0 spiro atoms. The summed E-state index contributed by atoms with van der Waals surface area (Å²) in [5.74, 6) is -1.19. The molecule has 6 heteroatoms. The lowest BCUT2D eigenvalue weighted by Crippen LogP contribution is -2.31. The molecule has 0 unspecified atom stereocenters. The first-order valence-corrected chi connectivity index (χ1v) is 5.06. The number of hydrogen-bond donors (Lipinski definition) is 4. The Labute approximate surface area is 98.8 Å². The van der Waals surface area contributed by atoms with Gasteiger partial charge in [0.1, 0.15) is 6.04 Å². The van der Waals surface area contributed by atoms with Crippen LogP contribution in [0.4, 0.5) is 0 Å². The van der Waals surface area contributed by atoms with Gasteiger partial charge in [-0.3, -0.25) is 9.59 Å². The normalized spacial score (nSPS) is 10.9. The van der Waals surface area contributed by atoms with Gasteiger partial charge in [0.05, 0.1) is 0 Å². The Morgan fingerprint density at radius 2 is 1.81 bits per heavy atom. The van der Waals surface area contributed by atoms with E-state index in [9.17, 15) is 9.59 Å². The summed E-state index contributed by atoms with van der Waals surface area (Å²) in [6.07, 6.45) is 0. The minimum absolute atomic E-state index is 0.190. The molecule has 1 rings (SSSR count). The molecule has 1 atom stereocenters. The van der Waals surface area contributed by atoms with Crippen molar-refractivity contribution in [1.29, 1.82) is 0 Å². The van der Waals surface area contributed by atoms with E-state index >= 15 is 0 Å². The maximum atomic E-state index is 10.4. The summed E-state index contributed by atoms with van der Waals surface area (Å²) in [6, 6.07) is 7.94. The van der Waals surface area contributed by atoms with Gasteiger partial charge in [-0.15, -0.1) is 0 Å². The number of primary amides is 1. The number of thiol groups is 1. The van der Waals surface area contributed by atoms with Crippen molar-refractivity contribution in [3.8, 4) is 0 Å². The quantitative estimate of drug-likeness (QED) is 0.564. The van der Waals surface area contributed by atoms with Gasteiger partial charge < -0.3 is 16.6 Å². The lowest BCUT2D eigenvalue weighted by molar-refractivity contribution is -0.137. The van der Waals surface area contributed by atoms with Gasteiger partial charge in [0, 0.05) is 11.3 Å². The highest BCUT2D eigenvalue weighted by atomic mass is 32.1. The number of nitrogens with two attached hydrogens (primary N) is 2. The SMILES string of the molecule is NC(=O)c1ccccc1.N[C@@H](CS)C(=O)O. The topological polar surface area (TPSA) is 106 Å². The molecular weight excluding hydrogens is 228 g/mol. The van der Waals surface area contributed by atoms with Crippen LogP contribution in [-0.2, 0) is 4.79 Å². The molecule has 0 aliphatic heterocycles. The maximum absolute atomic E-state index is 10.4. The lowest BCUT2D eigenvalue weighted by Gasteiger charge is -1.96. The predicted octanol–water partition coefficient (Wildman–Crippen LogP) is 0.114. The number of carboxylic acid groups (broad SMARTS) is 1. The Morgan fingerprint density at radius 1 is 1.31 bits per heavy atom. The van der Waals surface area contributed by atoms with Crippen LogP contribution in [0.15, 0.2) is 30.3 Å². The maximum Gasteiger partial charge on any atom is 0.321 e. The van der Waals surface area contributed by atoms with Crippen LogP contribution in [0.2, 0.25) is 0 Å². The Balaban J connectivity index is 0.000000293. The molecule has 1 amide bonds. The number of aliphatic carboxylic acids is 1. The van der Waals surface area contributed by atoms with Crippen LogP contribution < -0.4 is 11.5 Å². The summed E-state index contributed by atoms with van der Waals surface area (Å²) in [4.78, 5) is 20.2. The third-order valence-electron chi connectivity index (χ3n) is 1.57. The summed E-state index contributed by atoms with van der Waals surface area (Å²) in [6.45, 7) is 0. The first-order valence-electron chi connectivity index (χ1n) is 4.43. The first-order chi connectivity index (χ1) is 7.49. The Morgan fingerprint density at radius 3 is 2.00 bits per heavy atom. The van der Waals surface area contributed by atoms with Gasteiger partial charge in [0.2, 0.25) is 5.91 Å². The largest absolute Gasteiger partial charge is 0.480 e. The van der Waals surface area contributed by atoms with E-state index in [0.717, 1.165) is 0 Å². The van der Waals surface area contributed by atoms with E-state index in [4.69, 9.17) is 16.6 Å². The van der Waals surface area contributed by atoms with Crippen molar-refractivity contribution >= 4 is 24.5 Å². The van der Waals surface area contributed by atoms with E-state index in [0.29, 0.717) is 5.56 Å². The molecule has 1 aromatic carbocycles. The molecule has 0 bridgehead atoms. The fraction of sp³-hybridized carbons (Fsp3) is 0.200. The number of carbonyl (C=O) groups is 2. The molecule has 0 fully saturated rings. The fourth-order valence-corrected chi connectivity index (χ4v) is 0.837. The molecule has 1 aromatic rings. The summed E-state index contributed by atoms with van der Waals surface area (Å²) in [5, 5.41) is 8.01. The second-order valence-electron chi connectivity index (χ2n) is 2.86. The molecule has 0 heterocycles. The molecule has 0 radical (unpaired) electrons. The van der Waals surface area contributed by atoms with Crippen LogP contribution in [0.1, 0.15) is 10.4 Å². The minimum atomic E-state index is -1.00. The van der Waals surface area contributed by atoms with E-state index in [1.807, 2.05) is 6.07 Å². The van der Waals surface area contributed by atoms with Crippen molar-refractivity contribution in [2.45, 2.75) is 6.04 Å². The van der Waals surface area contributed by atoms with Crippen LogP contribution in [0, 0.1) is 0 Å². The van der Waals surface area contributed by atoms with E-state index in [-0.39, 0.29) is 11.7 Å². The third-order valence-corrected chi connectivity index (χ3v) is 1.97. The predicted molar refractivity (Wildman–Crippen MR) is 64.4 cm³/mol. The van der Waals surface area contributed by atoms with E-state index < -0.39 is 12.0 Å². The Kier molecular flexibility index (Phi) is 6.98. The third kappa shape index (κ3) is 6.05. The highest BCUT2D eigenvalue weighted by Crippen LogP contribution is 1.94. The Hall–Kier alpha value is -1.53. The van der Waals surface area contributed by atoms with Crippen molar-refractivity contribution in [1.82, 2.24) is 0 Å². The van der Waals surface area contributed by atoms with Crippen molar-refractivity contribution in [3.05, 3.63) is 35.9 Å². The summed E-state index contributed by atoms with van der Waals surface area (Å²) in [7, 11) is 0. The number of amides is 1. The number of carbonyl (C=O) groups excluding carboxylic acids is 1. The van der Waals surface area contributed by atoms with Crippen LogP contribution in [0.25, 0.3) is 0 Å². The molecule has 5 N–H and O–H groups in total. The van der Waals surface area contributed by atoms with Gasteiger partial charge >= 0.3 is 5.97 Å².